The van der Waals surface area contributed by atoms with Crippen LogP contribution < -0.4 is 19.5 Å². The molecule has 142 valence electrons. The molecule has 27 heavy (non-hydrogen) atoms. The van der Waals surface area contributed by atoms with Gasteiger partial charge in [-0.25, -0.2) is 0 Å². The molecule has 4 rings (SSSR count). The lowest BCUT2D eigenvalue weighted by atomic mass is 9.88. The van der Waals surface area contributed by atoms with Gasteiger partial charge in [0, 0.05) is 12.1 Å². The Hall–Kier alpha value is -2.73. The van der Waals surface area contributed by atoms with Crippen LogP contribution in [0.1, 0.15) is 22.7 Å². The van der Waals surface area contributed by atoms with E-state index in [4.69, 9.17) is 14.2 Å². The number of anilines is 1. The predicted octanol–water partition coefficient (Wildman–Crippen LogP) is 3.04. The Morgan fingerprint density at radius 3 is 2.78 bits per heavy atom. The van der Waals surface area contributed by atoms with Crippen molar-refractivity contribution in [3.05, 3.63) is 47.0 Å². The second-order valence-electron chi connectivity index (χ2n) is 7.68. The highest BCUT2D eigenvalue weighted by Gasteiger charge is 2.45. The average Bonchev–Trinajstić information content (AvgIpc) is 3.09. The molecule has 0 fully saturated rings. The Morgan fingerprint density at radius 2 is 2.04 bits per heavy atom. The van der Waals surface area contributed by atoms with E-state index >= 15 is 0 Å². The molecule has 2 aromatic rings. The van der Waals surface area contributed by atoms with Crippen LogP contribution in [0.2, 0.25) is 0 Å². The standard InChI is InChI=1S/C21H24N2O4/c1-13-7-5-6-8-15(13)22-21(24)18-17-14(9-10-23(18,2)3)11-16-19(20(17)25-4)27-12-26-16/h5-8,11,18H,9-10,12H2,1-4H3/p+1/t18-/m1/s1. The molecule has 0 radical (unpaired) electrons. The second kappa shape index (κ2) is 6.46. The third-order valence-electron chi connectivity index (χ3n) is 5.53. The molecule has 1 amide bonds. The summed E-state index contributed by atoms with van der Waals surface area (Å²) >= 11 is 0. The molecule has 0 unspecified atom stereocenters. The summed E-state index contributed by atoms with van der Waals surface area (Å²) in [4.78, 5) is 13.4. The molecule has 0 saturated carbocycles. The minimum Gasteiger partial charge on any atom is -0.492 e. The van der Waals surface area contributed by atoms with Crippen LogP contribution in [0.5, 0.6) is 17.2 Å². The highest BCUT2D eigenvalue weighted by Crippen LogP contribution is 2.50. The van der Waals surface area contributed by atoms with Gasteiger partial charge in [0.05, 0.1) is 33.3 Å². The molecule has 6 heteroatoms. The normalized spacial score (nSPS) is 19.3. The van der Waals surface area contributed by atoms with Gasteiger partial charge in [-0.2, -0.15) is 0 Å². The molecule has 0 aliphatic carbocycles. The van der Waals surface area contributed by atoms with Crippen molar-refractivity contribution >= 4 is 11.6 Å². The number of benzene rings is 2. The van der Waals surface area contributed by atoms with Crippen molar-refractivity contribution in [1.29, 1.82) is 0 Å². The van der Waals surface area contributed by atoms with Gasteiger partial charge < -0.3 is 24.0 Å². The number of amides is 1. The van der Waals surface area contributed by atoms with Crippen LogP contribution in [0, 0.1) is 6.92 Å². The topological polar surface area (TPSA) is 56.8 Å². The SMILES string of the molecule is COc1c2c(cc3c1[C@H](C(=O)Nc1ccccc1C)[N+](C)(C)CC3)OCO2. The lowest BCUT2D eigenvalue weighted by Gasteiger charge is -2.42. The maximum atomic E-state index is 13.4. The largest absolute Gasteiger partial charge is 0.492 e. The summed E-state index contributed by atoms with van der Waals surface area (Å²) in [5.74, 6) is 1.84. The van der Waals surface area contributed by atoms with E-state index in [2.05, 4.69) is 19.4 Å². The van der Waals surface area contributed by atoms with Crippen LogP contribution >= 0.6 is 0 Å². The summed E-state index contributed by atoms with van der Waals surface area (Å²) in [6.07, 6.45) is 0.851. The fourth-order valence-corrected chi connectivity index (χ4v) is 4.04. The van der Waals surface area contributed by atoms with E-state index in [0.29, 0.717) is 21.7 Å². The van der Waals surface area contributed by atoms with E-state index in [-0.39, 0.29) is 12.7 Å². The first-order valence-corrected chi connectivity index (χ1v) is 9.11. The molecule has 0 aromatic heterocycles. The third kappa shape index (κ3) is 2.90. The maximum absolute atomic E-state index is 13.4. The molecule has 6 nitrogen and oxygen atoms in total. The molecule has 2 aliphatic rings. The van der Waals surface area contributed by atoms with E-state index in [0.717, 1.165) is 35.3 Å². The predicted molar refractivity (Wildman–Crippen MR) is 102 cm³/mol. The van der Waals surface area contributed by atoms with E-state index in [9.17, 15) is 4.79 Å². The monoisotopic (exact) mass is 369 g/mol. The zero-order chi connectivity index (χ0) is 19.2. The van der Waals surface area contributed by atoms with Crippen LogP contribution in [0.4, 0.5) is 5.69 Å². The molecule has 0 saturated heterocycles. The molecule has 0 spiro atoms. The lowest BCUT2D eigenvalue weighted by molar-refractivity contribution is -0.913. The molecule has 2 aliphatic heterocycles. The van der Waals surface area contributed by atoms with Gasteiger partial charge in [0.1, 0.15) is 0 Å². The highest BCUT2D eigenvalue weighted by molar-refractivity contribution is 5.96. The first-order chi connectivity index (χ1) is 12.9. The van der Waals surface area contributed by atoms with Gasteiger partial charge in [-0.3, -0.25) is 4.79 Å². The second-order valence-corrected chi connectivity index (χ2v) is 7.68. The number of likely N-dealkylation sites (N-methyl/N-ethyl adjacent to an activating group) is 1. The number of rotatable bonds is 3. The van der Waals surface area contributed by atoms with Crippen molar-refractivity contribution in [2.45, 2.75) is 19.4 Å². The average molecular weight is 369 g/mol. The fraction of sp³-hybridized carbons (Fsp3) is 0.381. The molecule has 2 aromatic carbocycles. The molecule has 1 N–H and O–H groups in total. The summed E-state index contributed by atoms with van der Waals surface area (Å²) in [5, 5.41) is 3.11. The van der Waals surface area contributed by atoms with Gasteiger partial charge >= 0.3 is 0 Å². The molecular formula is C21H25N2O4+. The highest BCUT2D eigenvalue weighted by atomic mass is 16.7. The summed E-state index contributed by atoms with van der Waals surface area (Å²) in [7, 11) is 5.77. The number of hydrogen-bond acceptors (Lipinski definition) is 4. The Bertz CT molecular complexity index is 907. The number of hydrogen-bond donors (Lipinski definition) is 1. The zero-order valence-electron chi connectivity index (χ0n) is 16.2. The first kappa shape index (κ1) is 17.7. The van der Waals surface area contributed by atoms with E-state index in [1.54, 1.807) is 7.11 Å². The summed E-state index contributed by atoms with van der Waals surface area (Å²) < 4.78 is 17.4. The van der Waals surface area contributed by atoms with Gasteiger partial charge in [-0.15, -0.1) is 0 Å². The van der Waals surface area contributed by atoms with Crippen molar-refractivity contribution in [2.24, 2.45) is 0 Å². The van der Waals surface area contributed by atoms with Gasteiger partial charge in [0.2, 0.25) is 12.5 Å². The van der Waals surface area contributed by atoms with Crippen LogP contribution in [-0.2, 0) is 11.2 Å². The van der Waals surface area contributed by atoms with Crippen LogP contribution in [-0.4, -0.2) is 44.9 Å². The van der Waals surface area contributed by atoms with Crippen molar-refractivity contribution in [3.63, 3.8) is 0 Å². The van der Waals surface area contributed by atoms with Crippen molar-refractivity contribution in [2.75, 3.05) is 39.9 Å². The van der Waals surface area contributed by atoms with E-state index in [1.165, 1.54) is 0 Å². The number of carbonyl (C=O) groups excluding carboxylic acids is 1. The van der Waals surface area contributed by atoms with E-state index in [1.807, 2.05) is 37.3 Å². The van der Waals surface area contributed by atoms with Gasteiger partial charge in [-0.05, 0) is 30.2 Å². The van der Waals surface area contributed by atoms with Crippen LogP contribution in [0.3, 0.4) is 0 Å². The summed E-state index contributed by atoms with van der Waals surface area (Å²) in [5.41, 5.74) is 3.83. The number of aryl methyl sites for hydroxylation is 1. The van der Waals surface area contributed by atoms with Gasteiger partial charge in [0.15, 0.2) is 17.5 Å². The number of ether oxygens (including phenoxy) is 3. The lowest BCUT2D eigenvalue weighted by Crippen LogP contribution is -2.52. The van der Waals surface area contributed by atoms with Crippen LogP contribution in [0.15, 0.2) is 30.3 Å². The zero-order valence-corrected chi connectivity index (χ0v) is 16.2. The van der Waals surface area contributed by atoms with Crippen molar-refractivity contribution < 1.29 is 23.5 Å². The minimum atomic E-state index is -0.405. The number of carbonyl (C=O) groups is 1. The molecular weight excluding hydrogens is 344 g/mol. The van der Waals surface area contributed by atoms with Gasteiger partial charge in [-0.1, -0.05) is 18.2 Å². The maximum Gasteiger partial charge on any atom is 0.287 e. The Balaban J connectivity index is 1.81. The summed E-state index contributed by atoms with van der Waals surface area (Å²) in [6.45, 7) is 3.01. The number of nitrogens with one attached hydrogen (secondary N) is 1. The Kier molecular flexibility index (Phi) is 4.23. The molecule has 1 atom stereocenters. The van der Waals surface area contributed by atoms with E-state index < -0.39 is 6.04 Å². The van der Waals surface area contributed by atoms with Crippen molar-refractivity contribution in [3.8, 4) is 17.2 Å². The Labute approximate surface area is 159 Å². The van der Waals surface area contributed by atoms with Gasteiger partial charge in [0.25, 0.3) is 5.91 Å². The number of para-hydroxylation sites is 1. The number of fused-ring (bicyclic) bond motifs is 2. The number of methoxy groups -OCH3 is 1. The molecule has 2 heterocycles. The number of nitrogens with zero attached hydrogens (tertiary/aromatic N) is 1. The van der Waals surface area contributed by atoms with Crippen LogP contribution in [0.25, 0.3) is 0 Å². The smallest absolute Gasteiger partial charge is 0.287 e. The summed E-state index contributed by atoms with van der Waals surface area (Å²) in [6, 6.07) is 9.39. The minimum absolute atomic E-state index is 0.0487. The number of quaternary nitrogens is 1. The quantitative estimate of drug-likeness (QED) is 0.845. The third-order valence-corrected chi connectivity index (χ3v) is 5.53. The van der Waals surface area contributed by atoms with Crippen molar-refractivity contribution in [1.82, 2.24) is 0 Å². The Morgan fingerprint density at radius 1 is 1.26 bits per heavy atom. The molecule has 0 bridgehead atoms. The fourth-order valence-electron chi connectivity index (χ4n) is 4.04. The first-order valence-electron chi connectivity index (χ1n) is 9.11.